The Kier molecular flexibility index (Phi) is 11.9. The molecule has 1 heterocycles. The summed E-state index contributed by atoms with van der Waals surface area (Å²) in [6.45, 7) is 11.3. The number of benzene rings is 1. The fraction of sp³-hybridized carbons (Fsp3) is 0.632. The number of likely N-dealkylation sites (N-methyl/N-ethyl adjacent to an activating group) is 1. The quantitative estimate of drug-likeness (QED) is 0.271. The van der Waals surface area contributed by atoms with Crippen molar-refractivity contribution >= 4 is 29.9 Å². The Bertz CT molecular complexity index is 472. The Balaban J connectivity index is 0.00000312. The maximum Gasteiger partial charge on any atom is 0.191 e. The highest BCUT2D eigenvalue weighted by atomic mass is 127. The average molecular weight is 459 g/mol. The minimum absolute atomic E-state index is 0. The van der Waals surface area contributed by atoms with Crippen LogP contribution in [-0.2, 0) is 6.54 Å². The maximum absolute atomic E-state index is 4.29. The molecule has 25 heavy (non-hydrogen) atoms. The Morgan fingerprint density at radius 3 is 2.32 bits per heavy atom. The molecule has 0 unspecified atom stereocenters. The molecular weight excluding hydrogens is 425 g/mol. The third-order valence-corrected chi connectivity index (χ3v) is 4.63. The Morgan fingerprint density at radius 1 is 1.00 bits per heavy atom. The standard InChI is InChI=1S/C19H33N5.HI/c1-3-23-13-15-24(16-14-23)12-8-7-11-21-19(20-2)22-17-18-9-5-4-6-10-18;/h4-6,9-10H,3,7-8,11-17H2,1-2H3,(H2,20,21,22);1H. The zero-order valence-corrected chi connectivity index (χ0v) is 18.0. The van der Waals surface area contributed by atoms with E-state index in [2.05, 4.69) is 56.6 Å². The zero-order valence-electron chi connectivity index (χ0n) is 15.7. The summed E-state index contributed by atoms with van der Waals surface area (Å²) in [5.74, 6) is 0.885. The van der Waals surface area contributed by atoms with Gasteiger partial charge in [-0.15, -0.1) is 24.0 Å². The van der Waals surface area contributed by atoms with Crippen molar-refractivity contribution < 1.29 is 0 Å². The molecule has 2 N–H and O–H groups in total. The van der Waals surface area contributed by atoms with E-state index in [1.165, 1.54) is 57.7 Å². The van der Waals surface area contributed by atoms with Crippen LogP contribution in [0.25, 0.3) is 0 Å². The molecule has 6 heteroatoms. The lowest BCUT2D eigenvalue weighted by atomic mass is 10.2. The number of hydrogen-bond acceptors (Lipinski definition) is 3. The lowest BCUT2D eigenvalue weighted by molar-refractivity contribution is 0.136. The van der Waals surface area contributed by atoms with E-state index in [0.29, 0.717) is 0 Å². The topological polar surface area (TPSA) is 42.9 Å². The van der Waals surface area contributed by atoms with Gasteiger partial charge in [0.2, 0.25) is 0 Å². The van der Waals surface area contributed by atoms with Gasteiger partial charge in [0, 0.05) is 46.3 Å². The summed E-state index contributed by atoms with van der Waals surface area (Å²) in [6.07, 6.45) is 2.43. The predicted octanol–water partition coefficient (Wildman–Crippen LogP) is 2.39. The van der Waals surface area contributed by atoms with Gasteiger partial charge in [-0.2, -0.15) is 0 Å². The minimum Gasteiger partial charge on any atom is -0.356 e. The second-order valence-corrected chi connectivity index (χ2v) is 6.32. The number of piperazine rings is 1. The number of halogens is 1. The smallest absolute Gasteiger partial charge is 0.191 e. The fourth-order valence-corrected chi connectivity index (χ4v) is 3.00. The number of aliphatic imine (C=N–C) groups is 1. The van der Waals surface area contributed by atoms with Crippen molar-refractivity contribution in [2.75, 3.05) is 52.9 Å². The van der Waals surface area contributed by atoms with E-state index in [4.69, 9.17) is 0 Å². The van der Waals surface area contributed by atoms with Crippen LogP contribution in [0.2, 0.25) is 0 Å². The molecule has 0 bridgehead atoms. The molecule has 0 saturated carbocycles. The van der Waals surface area contributed by atoms with Crippen molar-refractivity contribution in [3.63, 3.8) is 0 Å². The molecule has 0 aromatic heterocycles. The van der Waals surface area contributed by atoms with Crippen molar-refractivity contribution in [2.45, 2.75) is 26.3 Å². The molecule has 1 saturated heterocycles. The highest BCUT2D eigenvalue weighted by Crippen LogP contribution is 2.03. The second-order valence-electron chi connectivity index (χ2n) is 6.32. The first-order chi connectivity index (χ1) is 11.8. The van der Waals surface area contributed by atoms with Crippen LogP contribution in [0.15, 0.2) is 35.3 Å². The lowest BCUT2D eigenvalue weighted by Crippen LogP contribution is -2.46. The summed E-state index contributed by atoms with van der Waals surface area (Å²) < 4.78 is 0. The fourth-order valence-electron chi connectivity index (χ4n) is 3.00. The van der Waals surface area contributed by atoms with Gasteiger partial charge in [0.1, 0.15) is 0 Å². The van der Waals surface area contributed by atoms with Crippen molar-refractivity contribution in [1.82, 2.24) is 20.4 Å². The van der Waals surface area contributed by atoms with Gasteiger partial charge in [-0.05, 0) is 31.5 Å². The molecule has 1 aromatic carbocycles. The zero-order chi connectivity index (χ0) is 17.0. The molecule has 0 amide bonds. The van der Waals surface area contributed by atoms with Crippen LogP contribution >= 0.6 is 24.0 Å². The van der Waals surface area contributed by atoms with Crippen molar-refractivity contribution in [3.05, 3.63) is 35.9 Å². The number of nitrogens with zero attached hydrogens (tertiary/aromatic N) is 3. The van der Waals surface area contributed by atoms with Crippen LogP contribution in [0.1, 0.15) is 25.3 Å². The van der Waals surface area contributed by atoms with E-state index in [9.17, 15) is 0 Å². The first-order valence-electron chi connectivity index (χ1n) is 9.25. The Hall–Kier alpha value is -0.860. The number of nitrogens with one attached hydrogen (secondary N) is 2. The highest BCUT2D eigenvalue weighted by molar-refractivity contribution is 14.0. The summed E-state index contributed by atoms with van der Waals surface area (Å²) in [4.78, 5) is 9.41. The molecule has 1 aliphatic heterocycles. The SMILES string of the molecule is CCN1CCN(CCCCNC(=NC)NCc2ccccc2)CC1.I. The summed E-state index contributed by atoms with van der Waals surface area (Å²) in [5, 5.41) is 6.77. The molecule has 0 atom stereocenters. The molecule has 0 aliphatic carbocycles. The summed E-state index contributed by atoms with van der Waals surface area (Å²) in [7, 11) is 1.83. The minimum atomic E-state index is 0. The normalized spacial score (nSPS) is 16.3. The first kappa shape index (κ1) is 22.2. The van der Waals surface area contributed by atoms with Crippen LogP contribution in [0, 0.1) is 0 Å². The summed E-state index contributed by atoms with van der Waals surface area (Å²) in [5.41, 5.74) is 1.27. The largest absolute Gasteiger partial charge is 0.356 e. The summed E-state index contributed by atoms with van der Waals surface area (Å²) in [6, 6.07) is 10.4. The van der Waals surface area contributed by atoms with Gasteiger partial charge in [0.15, 0.2) is 5.96 Å². The summed E-state index contributed by atoms with van der Waals surface area (Å²) >= 11 is 0. The molecule has 0 radical (unpaired) electrons. The molecule has 1 aliphatic rings. The first-order valence-corrected chi connectivity index (χ1v) is 9.25. The van der Waals surface area contributed by atoms with Crippen LogP contribution < -0.4 is 10.6 Å². The Labute approximate surface area is 170 Å². The van der Waals surface area contributed by atoms with Gasteiger partial charge in [-0.25, -0.2) is 0 Å². The van der Waals surface area contributed by atoms with E-state index >= 15 is 0 Å². The third-order valence-electron chi connectivity index (χ3n) is 4.63. The van der Waals surface area contributed by atoms with E-state index < -0.39 is 0 Å². The van der Waals surface area contributed by atoms with Crippen molar-refractivity contribution in [1.29, 1.82) is 0 Å². The number of unbranched alkanes of at least 4 members (excludes halogenated alkanes) is 1. The van der Waals surface area contributed by atoms with E-state index in [1.54, 1.807) is 0 Å². The second kappa shape index (κ2) is 13.4. The molecule has 2 rings (SSSR count). The van der Waals surface area contributed by atoms with Crippen molar-refractivity contribution in [3.8, 4) is 0 Å². The van der Waals surface area contributed by atoms with Gasteiger partial charge in [-0.1, -0.05) is 37.3 Å². The average Bonchev–Trinajstić information content (AvgIpc) is 2.65. The Morgan fingerprint density at radius 2 is 1.68 bits per heavy atom. The number of rotatable bonds is 8. The van der Waals surface area contributed by atoms with Crippen molar-refractivity contribution in [2.24, 2.45) is 4.99 Å². The van der Waals surface area contributed by atoms with E-state index in [1.807, 2.05) is 13.1 Å². The van der Waals surface area contributed by atoms with Gasteiger partial charge in [0.05, 0.1) is 0 Å². The monoisotopic (exact) mass is 459 g/mol. The number of guanidine groups is 1. The molecular formula is C19H34IN5. The van der Waals surface area contributed by atoms with Crippen LogP contribution in [0.5, 0.6) is 0 Å². The maximum atomic E-state index is 4.29. The van der Waals surface area contributed by atoms with Gasteiger partial charge < -0.3 is 20.4 Å². The number of hydrogen-bond donors (Lipinski definition) is 2. The molecule has 0 spiro atoms. The van der Waals surface area contributed by atoms with Crippen LogP contribution in [-0.4, -0.2) is 68.6 Å². The van der Waals surface area contributed by atoms with Crippen LogP contribution in [0.3, 0.4) is 0 Å². The van der Waals surface area contributed by atoms with Gasteiger partial charge in [0.25, 0.3) is 0 Å². The molecule has 1 fully saturated rings. The molecule has 1 aromatic rings. The predicted molar refractivity (Wildman–Crippen MR) is 118 cm³/mol. The van der Waals surface area contributed by atoms with E-state index in [-0.39, 0.29) is 24.0 Å². The molecule has 142 valence electrons. The van der Waals surface area contributed by atoms with Gasteiger partial charge in [-0.3, -0.25) is 4.99 Å². The van der Waals surface area contributed by atoms with E-state index in [0.717, 1.165) is 19.0 Å². The molecule has 5 nitrogen and oxygen atoms in total. The van der Waals surface area contributed by atoms with Crippen LogP contribution in [0.4, 0.5) is 0 Å². The third kappa shape index (κ3) is 8.87. The lowest BCUT2D eigenvalue weighted by Gasteiger charge is -2.34. The highest BCUT2D eigenvalue weighted by Gasteiger charge is 2.14. The van der Waals surface area contributed by atoms with Gasteiger partial charge >= 0.3 is 0 Å².